The van der Waals surface area contributed by atoms with Crippen LogP contribution in [0.15, 0.2) is 27.8 Å². The monoisotopic (exact) mass is 411 g/mol. The van der Waals surface area contributed by atoms with Crippen molar-refractivity contribution in [1.82, 2.24) is 4.98 Å². The molecule has 0 saturated carbocycles. The fraction of sp³-hybridized carbons (Fsp3) is 0.312. The van der Waals surface area contributed by atoms with E-state index in [1.807, 2.05) is 25.1 Å². The third-order valence-corrected chi connectivity index (χ3v) is 4.55. The molecule has 0 amide bonds. The molecule has 0 bridgehead atoms. The predicted octanol–water partition coefficient (Wildman–Crippen LogP) is 4.24. The van der Waals surface area contributed by atoms with Gasteiger partial charge in [-0.1, -0.05) is 11.3 Å². The van der Waals surface area contributed by atoms with Crippen LogP contribution in [0.2, 0.25) is 0 Å². The van der Waals surface area contributed by atoms with Crippen molar-refractivity contribution < 1.29 is 14.3 Å². The first-order valence-corrected chi connectivity index (χ1v) is 9.02. The number of carbonyl (C=O) groups is 1. The molecule has 0 aliphatic rings. The SMILES string of the molecule is CCOC(=O)c1sc(N/N=C\c2ccc(OCC)c(Br)c2)nc1C. The Balaban J connectivity index is 2.03. The van der Waals surface area contributed by atoms with Crippen LogP contribution in [0, 0.1) is 6.92 Å². The van der Waals surface area contributed by atoms with Crippen molar-refractivity contribution in [2.45, 2.75) is 20.8 Å². The highest BCUT2D eigenvalue weighted by Gasteiger charge is 2.15. The van der Waals surface area contributed by atoms with E-state index in [4.69, 9.17) is 9.47 Å². The molecule has 2 rings (SSSR count). The van der Waals surface area contributed by atoms with Gasteiger partial charge in [-0.3, -0.25) is 5.43 Å². The molecule has 8 heteroatoms. The normalized spacial score (nSPS) is 10.8. The summed E-state index contributed by atoms with van der Waals surface area (Å²) < 4.78 is 11.3. The largest absolute Gasteiger partial charge is 0.493 e. The summed E-state index contributed by atoms with van der Waals surface area (Å²) in [4.78, 5) is 16.5. The van der Waals surface area contributed by atoms with Crippen molar-refractivity contribution in [1.29, 1.82) is 0 Å². The van der Waals surface area contributed by atoms with Gasteiger partial charge in [0.25, 0.3) is 0 Å². The van der Waals surface area contributed by atoms with Crippen LogP contribution in [0.1, 0.15) is 34.8 Å². The molecule has 0 atom stereocenters. The first-order valence-electron chi connectivity index (χ1n) is 7.41. The molecule has 128 valence electrons. The summed E-state index contributed by atoms with van der Waals surface area (Å²) in [6, 6.07) is 5.69. The van der Waals surface area contributed by atoms with Crippen LogP contribution in [0.5, 0.6) is 5.75 Å². The van der Waals surface area contributed by atoms with E-state index < -0.39 is 0 Å². The summed E-state index contributed by atoms with van der Waals surface area (Å²) in [6.07, 6.45) is 1.67. The maximum atomic E-state index is 11.8. The number of carbonyl (C=O) groups excluding carboxylic acids is 1. The second-order valence-corrected chi connectivity index (χ2v) is 6.50. The van der Waals surface area contributed by atoms with Crippen LogP contribution in [0.3, 0.4) is 0 Å². The Morgan fingerprint density at radius 1 is 1.42 bits per heavy atom. The van der Waals surface area contributed by atoms with Gasteiger partial charge in [-0.2, -0.15) is 5.10 Å². The minimum Gasteiger partial charge on any atom is -0.493 e. The van der Waals surface area contributed by atoms with E-state index in [-0.39, 0.29) is 5.97 Å². The molecule has 0 saturated heterocycles. The molecule has 0 aliphatic carbocycles. The van der Waals surface area contributed by atoms with Crippen molar-refractivity contribution in [3.8, 4) is 5.75 Å². The Labute approximate surface area is 153 Å². The van der Waals surface area contributed by atoms with Crippen molar-refractivity contribution in [2.24, 2.45) is 5.10 Å². The summed E-state index contributed by atoms with van der Waals surface area (Å²) in [5.74, 6) is 0.428. The zero-order valence-electron chi connectivity index (χ0n) is 13.6. The molecule has 0 unspecified atom stereocenters. The first-order chi connectivity index (χ1) is 11.5. The highest BCUT2D eigenvalue weighted by Crippen LogP contribution is 2.26. The number of esters is 1. The maximum Gasteiger partial charge on any atom is 0.350 e. The number of halogens is 1. The fourth-order valence-corrected chi connectivity index (χ4v) is 3.18. The number of rotatable bonds is 7. The number of ether oxygens (including phenoxy) is 2. The van der Waals surface area contributed by atoms with Crippen LogP contribution >= 0.6 is 27.3 Å². The Morgan fingerprint density at radius 3 is 2.88 bits per heavy atom. The number of hydrogen-bond acceptors (Lipinski definition) is 7. The van der Waals surface area contributed by atoms with E-state index in [2.05, 4.69) is 31.4 Å². The average Bonchev–Trinajstić information content (AvgIpc) is 2.91. The highest BCUT2D eigenvalue weighted by atomic mass is 79.9. The molecule has 1 N–H and O–H groups in total. The van der Waals surface area contributed by atoms with Gasteiger partial charge in [0.15, 0.2) is 0 Å². The molecule has 0 radical (unpaired) electrons. The Hall–Kier alpha value is -1.93. The lowest BCUT2D eigenvalue weighted by Crippen LogP contribution is -2.03. The fourth-order valence-electron chi connectivity index (χ4n) is 1.86. The predicted molar refractivity (Wildman–Crippen MR) is 99.3 cm³/mol. The third-order valence-electron chi connectivity index (χ3n) is 2.89. The molecule has 0 fully saturated rings. The van der Waals surface area contributed by atoms with Gasteiger partial charge in [0.1, 0.15) is 10.6 Å². The van der Waals surface area contributed by atoms with E-state index >= 15 is 0 Å². The van der Waals surface area contributed by atoms with Crippen molar-refractivity contribution in [3.63, 3.8) is 0 Å². The van der Waals surface area contributed by atoms with Crippen LogP contribution < -0.4 is 10.2 Å². The van der Waals surface area contributed by atoms with Gasteiger partial charge < -0.3 is 9.47 Å². The molecule has 0 spiro atoms. The van der Waals surface area contributed by atoms with E-state index in [9.17, 15) is 4.79 Å². The lowest BCUT2D eigenvalue weighted by atomic mass is 10.2. The molecule has 24 heavy (non-hydrogen) atoms. The topological polar surface area (TPSA) is 72.8 Å². The minimum atomic E-state index is -0.361. The molecule has 0 aliphatic heterocycles. The number of nitrogens with zero attached hydrogens (tertiary/aromatic N) is 2. The number of aryl methyl sites for hydroxylation is 1. The smallest absolute Gasteiger partial charge is 0.350 e. The molecular formula is C16H18BrN3O3S. The lowest BCUT2D eigenvalue weighted by molar-refractivity contribution is 0.0531. The van der Waals surface area contributed by atoms with Gasteiger partial charge in [0, 0.05) is 0 Å². The zero-order valence-corrected chi connectivity index (χ0v) is 16.0. The van der Waals surface area contributed by atoms with Crippen molar-refractivity contribution in [2.75, 3.05) is 18.6 Å². The second kappa shape index (κ2) is 8.79. The Morgan fingerprint density at radius 2 is 2.21 bits per heavy atom. The third kappa shape index (κ3) is 4.78. The minimum absolute atomic E-state index is 0.337. The molecule has 1 aromatic carbocycles. The molecule has 1 aromatic heterocycles. The van der Waals surface area contributed by atoms with Crippen molar-refractivity contribution >= 4 is 44.6 Å². The van der Waals surface area contributed by atoms with E-state index in [0.29, 0.717) is 28.9 Å². The number of benzene rings is 1. The number of anilines is 1. The summed E-state index contributed by atoms with van der Waals surface area (Å²) in [7, 11) is 0. The highest BCUT2D eigenvalue weighted by molar-refractivity contribution is 9.10. The number of hydrogen-bond donors (Lipinski definition) is 1. The van der Waals surface area contributed by atoms with Gasteiger partial charge in [-0.15, -0.1) is 0 Å². The zero-order chi connectivity index (χ0) is 17.5. The molecular weight excluding hydrogens is 394 g/mol. The lowest BCUT2D eigenvalue weighted by Gasteiger charge is -2.05. The van der Waals surface area contributed by atoms with Crippen LogP contribution in [0.4, 0.5) is 5.13 Å². The number of aromatic nitrogens is 1. The van der Waals surface area contributed by atoms with Gasteiger partial charge in [0.05, 0.1) is 29.6 Å². The van der Waals surface area contributed by atoms with E-state index in [0.717, 1.165) is 15.8 Å². The summed E-state index contributed by atoms with van der Waals surface area (Å²) in [6.45, 7) is 6.42. The van der Waals surface area contributed by atoms with Crippen molar-refractivity contribution in [3.05, 3.63) is 38.8 Å². The number of thiazole rings is 1. The Bertz CT molecular complexity index is 746. The second-order valence-electron chi connectivity index (χ2n) is 4.65. The summed E-state index contributed by atoms with van der Waals surface area (Å²) in [5.41, 5.74) is 4.36. The Kier molecular flexibility index (Phi) is 6.74. The maximum absolute atomic E-state index is 11.8. The number of nitrogens with one attached hydrogen (secondary N) is 1. The quantitative estimate of drug-likeness (QED) is 0.419. The van der Waals surface area contributed by atoms with Crippen LogP contribution in [0.25, 0.3) is 0 Å². The van der Waals surface area contributed by atoms with Gasteiger partial charge in [-0.25, -0.2) is 9.78 Å². The van der Waals surface area contributed by atoms with Crippen LogP contribution in [-0.4, -0.2) is 30.4 Å². The van der Waals surface area contributed by atoms with E-state index in [1.165, 1.54) is 11.3 Å². The standard InChI is InChI=1S/C16H18BrN3O3S/c1-4-22-13-7-6-11(8-12(13)17)9-18-20-16-19-10(3)14(24-16)15(21)23-5-2/h6-9H,4-5H2,1-3H3,(H,19,20)/b18-9-. The number of hydrazone groups is 1. The molecule has 6 nitrogen and oxygen atoms in total. The summed E-state index contributed by atoms with van der Waals surface area (Å²) in [5, 5.41) is 4.69. The summed E-state index contributed by atoms with van der Waals surface area (Å²) >= 11 is 4.67. The van der Waals surface area contributed by atoms with Crippen LogP contribution in [-0.2, 0) is 4.74 Å². The van der Waals surface area contributed by atoms with Gasteiger partial charge in [-0.05, 0) is 60.5 Å². The molecule has 1 heterocycles. The van der Waals surface area contributed by atoms with Gasteiger partial charge in [0.2, 0.25) is 5.13 Å². The van der Waals surface area contributed by atoms with E-state index in [1.54, 1.807) is 20.1 Å². The first kappa shape index (κ1) is 18.4. The van der Waals surface area contributed by atoms with Gasteiger partial charge >= 0.3 is 5.97 Å². The average molecular weight is 412 g/mol. The molecule has 2 aromatic rings.